The van der Waals surface area contributed by atoms with Gasteiger partial charge in [-0.1, -0.05) is 45.4 Å². The first-order valence-electron chi connectivity index (χ1n) is 6.18. The van der Waals surface area contributed by atoms with Crippen LogP contribution in [0.1, 0.15) is 58.3 Å². The standard InChI is InChI=1S/C12H24N2/c1-2-3-4-5-6-7-8-9-12-13-10-11-14-12/h10,12,14H,2-9,11H2,1H3. The zero-order valence-electron chi connectivity index (χ0n) is 9.47. The molecule has 2 nitrogen and oxygen atoms in total. The molecule has 1 aliphatic heterocycles. The first-order valence-corrected chi connectivity index (χ1v) is 6.18. The Hall–Kier alpha value is -0.370. The second-order valence-corrected chi connectivity index (χ2v) is 4.17. The molecule has 82 valence electrons. The van der Waals surface area contributed by atoms with E-state index in [0.717, 1.165) is 6.54 Å². The molecule has 0 amide bonds. The van der Waals surface area contributed by atoms with Gasteiger partial charge in [0.2, 0.25) is 0 Å². The van der Waals surface area contributed by atoms with Crippen molar-refractivity contribution in [1.82, 2.24) is 5.32 Å². The van der Waals surface area contributed by atoms with E-state index in [9.17, 15) is 0 Å². The largest absolute Gasteiger partial charge is 0.291 e. The van der Waals surface area contributed by atoms with Crippen molar-refractivity contribution in [1.29, 1.82) is 0 Å². The lowest BCUT2D eigenvalue weighted by Gasteiger charge is -2.07. The van der Waals surface area contributed by atoms with E-state index in [1.165, 1.54) is 51.4 Å². The third-order valence-corrected chi connectivity index (χ3v) is 2.81. The predicted molar refractivity (Wildman–Crippen MR) is 62.9 cm³/mol. The van der Waals surface area contributed by atoms with Crippen LogP contribution in [0.3, 0.4) is 0 Å². The monoisotopic (exact) mass is 196 g/mol. The molecule has 1 atom stereocenters. The molecule has 0 saturated heterocycles. The van der Waals surface area contributed by atoms with Crippen LogP contribution in [0.15, 0.2) is 4.99 Å². The van der Waals surface area contributed by atoms with Crippen molar-refractivity contribution < 1.29 is 0 Å². The lowest BCUT2D eigenvalue weighted by atomic mass is 10.1. The molecule has 0 fully saturated rings. The van der Waals surface area contributed by atoms with Crippen molar-refractivity contribution in [2.24, 2.45) is 4.99 Å². The van der Waals surface area contributed by atoms with Gasteiger partial charge in [-0.3, -0.25) is 10.3 Å². The Morgan fingerprint density at radius 3 is 2.50 bits per heavy atom. The summed E-state index contributed by atoms with van der Waals surface area (Å²) in [6, 6.07) is 0. The molecule has 0 spiro atoms. The maximum Gasteiger partial charge on any atom is 0.0993 e. The van der Waals surface area contributed by atoms with E-state index < -0.39 is 0 Å². The zero-order valence-corrected chi connectivity index (χ0v) is 9.47. The molecule has 0 aliphatic carbocycles. The van der Waals surface area contributed by atoms with Crippen molar-refractivity contribution in [3.05, 3.63) is 0 Å². The number of nitrogens with one attached hydrogen (secondary N) is 1. The van der Waals surface area contributed by atoms with Crippen LogP contribution in [0.5, 0.6) is 0 Å². The van der Waals surface area contributed by atoms with Gasteiger partial charge in [0, 0.05) is 12.8 Å². The van der Waals surface area contributed by atoms with Crippen LogP contribution in [0.25, 0.3) is 0 Å². The molecule has 1 heterocycles. The number of hydrogen-bond donors (Lipinski definition) is 1. The van der Waals surface area contributed by atoms with Crippen LogP contribution in [-0.2, 0) is 0 Å². The van der Waals surface area contributed by atoms with Gasteiger partial charge in [-0.15, -0.1) is 0 Å². The van der Waals surface area contributed by atoms with E-state index in [1.54, 1.807) is 0 Å². The van der Waals surface area contributed by atoms with Gasteiger partial charge in [-0.05, 0) is 12.8 Å². The van der Waals surface area contributed by atoms with Crippen molar-refractivity contribution in [3.8, 4) is 0 Å². The smallest absolute Gasteiger partial charge is 0.0993 e. The first-order chi connectivity index (χ1) is 6.93. The number of hydrogen-bond acceptors (Lipinski definition) is 2. The van der Waals surface area contributed by atoms with Crippen molar-refractivity contribution >= 4 is 6.21 Å². The summed E-state index contributed by atoms with van der Waals surface area (Å²) in [6.07, 6.45) is 13.4. The van der Waals surface area contributed by atoms with Gasteiger partial charge >= 0.3 is 0 Å². The summed E-state index contributed by atoms with van der Waals surface area (Å²) in [5.41, 5.74) is 0. The molecule has 1 rings (SSSR count). The molecule has 0 aromatic rings. The summed E-state index contributed by atoms with van der Waals surface area (Å²) in [4.78, 5) is 4.35. The van der Waals surface area contributed by atoms with Crippen molar-refractivity contribution in [2.75, 3.05) is 6.54 Å². The van der Waals surface area contributed by atoms with Crippen LogP contribution in [0, 0.1) is 0 Å². The van der Waals surface area contributed by atoms with Crippen LogP contribution in [-0.4, -0.2) is 18.9 Å². The highest BCUT2D eigenvalue weighted by Gasteiger charge is 2.07. The summed E-state index contributed by atoms with van der Waals surface area (Å²) >= 11 is 0. The third kappa shape index (κ3) is 5.38. The van der Waals surface area contributed by atoms with Gasteiger partial charge in [0.15, 0.2) is 0 Å². The van der Waals surface area contributed by atoms with Crippen molar-refractivity contribution in [2.45, 2.75) is 64.5 Å². The molecule has 0 aromatic heterocycles. The fraction of sp³-hybridized carbons (Fsp3) is 0.917. The zero-order chi connectivity index (χ0) is 10.1. The maximum absolute atomic E-state index is 4.35. The topological polar surface area (TPSA) is 24.4 Å². The van der Waals surface area contributed by atoms with Gasteiger partial charge in [0.05, 0.1) is 6.17 Å². The Balaban J connectivity index is 1.77. The first kappa shape index (κ1) is 11.7. The van der Waals surface area contributed by atoms with Gasteiger partial charge in [-0.2, -0.15) is 0 Å². The number of unbranched alkanes of at least 4 members (excludes halogenated alkanes) is 6. The molecule has 0 saturated carbocycles. The van der Waals surface area contributed by atoms with E-state index in [2.05, 4.69) is 17.2 Å². The van der Waals surface area contributed by atoms with Crippen LogP contribution < -0.4 is 5.32 Å². The molecular formula is C12H24N2. The Morgan fingerprint density at radius 2 is 1.86 bits per heavy atom. The van der Waals surface area contributed by atoms with E-state index in [4.69, 9.17) is 0 Å². The average Bonchev–Trinajstić information content (AvgIpc) is 2.69. The second-order valence-electron chi connectivity index (χ2n) is 4.17. The Kier molecular flexibility index (Phi) is 6.67. The van der Waals surface area contributed by atoms with Gasteiger partial charge in [0.1, 0.15) is 0 Å². The van der Waals surface area contributed by atoms with Crippen LogP contribution in [0.2, 0.25) is 0 Å². The van der Waals surface area contributed by atoms with E-state index in [-0.39, 0.29) is 0 Å². The van der Waals surface area contributed by atoms with Gasteiger partial charge in [-0.25, -0.2) is 0 Å². The maximum atomic E-state index is 4.35. The second kappa shape index (κ2) is 7.98. The van der Waals surface area contributed by atoms with E-state index in [0.29, 0.717) is 6.17 Å². The van der Waals surface area contributed by atoms with Gasteiger partial charge < -0.3 is 0 Å². The highest BCUT2D eigenvalue weighted by Crippen LogP contribution is 2.10. The molecule has 2 heteroatoms. The highest BCUT2D eigenvalue weighted by molar-refractivity contribution is 5.61. The summed E-state index contributed by atoms with van der Waals surface area (Å²) in [6.45, 7) is 3.24. The lowest BCUT2D eigenvalue weighted by Crippen LogP contribution is -2.21. The van der Waals surface area contributed by atoms with E-state index in [1.807, 2.05) is 6.21 Å². The van der Waals surface area contributed by atoms with Crippen molar-refractivity contribution in [3.63, 3.8) is 0 Å². The summed E-state index contributed by atoms with van der Waals surface area (Å²) in [7, 11) is 0. The third-order valence-electron chi connectivity index (χ3n) is 2.81. The molecule has 14 heavy (non-hydrogen) atoms. The fourth-order valence-corrected chi connectivity index (χ4v) is 1.89. The minimum absolute atomic E-state index is 0.436. The molecule has 0 aromatic carbocycles. The minimum atomic E-state index is 0.436. The quantitative estimate of drug-likeness (QED) is 0.593. The normalized spacial score (nSPS) is 20.5. The summed E-state index contributed by atoms with van der Waals surface area (Å²) in [5.74, 6) is 0. The fourth-order valence-electron chi connectivity index (χ4n) is 1.89. The van der Waals surface area contributed by atoms with Crippen LogP contribution in [0.4, 0.5) is 0 Å². The summed E-state index contributed by atoms with van der Waals surface area (Å²) in [5, 5.41) is 3.35. The lowest BCUT2D eigenvalue weighted by molar-refractivity contribution is 0.503. The molecular weight excluding hydrogens is 172 g/mol. The van der Waals surface area contributed by atoms with E-state index >= 15 is 0 Å². The Bertz CT molecular complexity index is 154. The molecule has 1 N–H and O–H groups in total. The van der Waals surface area contributed by atoms with Crippen LogP contribution >= 0.6 is 0 Å². The minimum Gasteiger partial charge on any atom is -0.291 e. The number of nitrogens with zero attached hydrogens (tertiary/aromatic N) is 1. The van der Waals surface area contributed by atoms with Gasteiger partial charge in [0.25, 0.3) is 0 Å². The molecule has 0 radical (unpaired) electrons. The number of aliphatic imine (C=N–C) groups is 1. The Labute approximate surface area is 88.2 Å². The molecule has 1 aliphatic rings. The number of rotatable bonds is 8. The highest BCUT2D eigenvalue weighted by atomic mass is 15.1. The SMILES string of the molecule is CCCCCCCCCC1N=CCN1. The molecule has 0 bridgehead atoms. The molecule has 1 unspecified atom stereocenters. The predicted octanol–water partition coefficient (Wildman–Crippen LogP) is 3.13. The Morgan fingerprint density at radius 1 is 1.14 bits per heavy atom. The average molecular weight is 196 g/mol. The summed E-state index contributed by atoms with van der Waals surface area (Å²) < 4.78 is 0.